The Balaban J connectivity index is 1.56. The summed E-state index contributed by atoms with van der Waals surface area (Å²) in [5.41, 5.74) is 2.19. The van der Waals surface area contributed by atoms with Gasteiger partial charge in [0.05, 0.1) is 5.69 Å². The van der Waals surface area contributed by atoms with Crippen LogP contribution in [0.15, 0.2) is 12.1 Å². The van der Waals surface area contributed by atoms with Gasteiger partial charge in [0.1, 0.15) is 11.8 Å². The molecule has 0 aromatic carbocycles. The van der Waals surface area contributed by atoms with Crippen LogP contribution in [0.4, 0.5) is 10.6 Å². The van der Waals surface area contributed by atoms with Crippen LogP contribution in [0.5, 0.6) is 0 Å². The van der Waals surface area contributed by atoms with Crippen LogP contribution >= 0.6 is 0 Å². The second-order valence-electron chi connectivity index (χ2n) is 7.29. The minimum absolute atomic E-state index is 0.0525. The van der Waals surface area contributed by atoms with Crippen molar-refractivity contribution in [2.45, 2.75) is 58.1 Å². The van der Waals surface area contributed by atoms with Crippen LogP contribution in [0.1, 0.15) is 60.9 Å². The van der Waals surface area contributed by atoms with Crippen molar-refractivity contribution in [3.05, 3.63) is 29.2 Å². The normalized spacial score (nSPS) is 19.3. The number of aryl methyl sites for hydroxylation is 2. The highest BCUT2D eigenvalue weighted by atomic mass is 16.6. The van der Waals surface area contributed by atoms with Gasteiger partial charge in [0.2, 0.25) is 0 Å². The Morgan fingerprint density at radius 3 is 2.78 bits per heavy atom. The van der Waals surface area contributed by atoms with Crippen LogP contribution in [0.25, 0.3) is 0 Å². The van der Waals surface area contributed by atoms with Crippen molar-refractivity contribution < 1.29 is 14.3 Å². The highest BCUT2D eigenvalue weighted by molar-refractivity contribution is 6.02. The van der Waals surface area contributed by atoms with Gasteiger partial charge in [-0.3, -0.25) is 14.6 Å². The van der Waals surface area contributed by atoms with Crippen LogP contribution in [-0.2, 0) is 11.8 Å². The predicted octanol–water partition coefficient (Wildman–Crippen LogP) is 2.47. The molecule has 1 fully saturated rings. The molecule has 146 valence electrons. The van der Waals surface area contributed by atoms with Gasteiger partial charge in [-0.25, -0.2) is 4.79 Å². The highest BCUT2D eigenvalue weighted by Gasteiger charge is 2.30. The lowest BCUT2D eigenvalue weighted by Crippen LogP contribution is -2.33. The summed E-state index contributed by atoms with van der Waals surface area (Å²) in [5, 5.41) is 16.9. The van der Waals surface area contributed by atoms with E-state index in [1.165, 1.54) is 0 Å². The van der Waals surface area contributed by atoms with Crippen molar-refractivity contribution in [3.8, 4) is 0 Å². The van der Waals surface area contributed by atoms with E-state index in [1.54, 1.807) is 17.8 Å². The molecule has 2 aromatic heterocycles. The molecule has 2 aromatic rings. The van der Waals surface area contributed by atoms with Gasteiger partial charge < -0.3 is 15.4 Å². The Hall–Kier alpha value is -2.84. The van der Waals surface area contributed by atoms with E-state index in [0.29, 0.717) is 11.5 Å². The maximum atomic E-state index is 12.3. The largest absolute Gasteiger partial charge is 0.446 e. The Morgan fingerprint density at radius 1 is 1.33 bits per heavy atom. The van der Waals surface area contributed by atoms with Crippen molar-refractivity contribution in [3.63, 3.8) is 0 Å². The number of aromatic amines is 1. The third kappa shape index (κ3) is 4.66. The molecule has 9 heteroatoms. The molecule has 0 radical (unpaired) electrons. The Kier molecular flexibility index (Phi) is 5.48. The molecule has 1 aliphatic rings. The second kappa shape index (κ2) is 7.81. The SMILES string of the molecule is Cc1cc(C(=O)Nc2cc([C@H]3CC[C@@H](OC(=O)NC(C)C)C3)[nH]n2)n(C)n1. The van der Waals surface area contributed by atoms with Gasteiger partial charge >= 0.3 is 6.09 Å². The summed E-state index contributed by atoms with van der Waals surface area (Å²) in [6.07, 6.45) is 1.97. The first-order valence-corrected chi connectivity index (χ1v) is 9.16. The minimum atomic E-state index is -0.375. The van der Waals surface area contributed by atoms with Crippen molar-refractivity contribution in [1.82, 2.24) is 25.3 Å². The number of hydrogen-bond acceptors (Lipinski definition) is 5. The molecular formula is C18H26N6O3. The smallest absolute Gasteiger partial charge is 0.407 e. The van der Waals surface area contributed by atoms with Crippen molar-refractivity contribution in [2.24, 2.45) is 7.05 Å². The van der Waals surface area contributed by atoms with Gasteiger partial charge in [-0.1, -0.05) is 0 Å². The number of carbonyl (C=O) groups is 2. The molecule has 27 heavy (non-hydrogen) atoms. The summed E-state index contributed by atoms with van der Waals surface area (Å²) in [7, 11) is 1.73. The predicted molar refractivity (Wildman–Crippen MR) is 99.6 cm³/mol. The lowest BCUT2D eigenvalue weighted by molar-refractivity contribution is 0.0979. The van der Waals surface area contributed by atoms with Crippen molar-refractivity contribution in [2.75, 3.05) is 5.32 Å². The first-order valence-electron chi connectivity index (χ1n) is 9.16. The molecule has 0 spiro atoms. The van der Waals surface area contributed by atoms with Gasteiger partial charge in [0.15, 0.2) is 5.82 Å². The number of alkyl carbamates (subject to hydrolysis) is 1. The lowest BCUT2D eigenvalue weighted by atomic mass is 10.0. The van der Waals surface area contributed by atoms with Crippen LogP contribution in [0.2, 0.25) is 0 Å². The molecule has 1 aliphatic carbocycles. The first kappa shape index (κ1) is 18.9. The molecule has 0 bridgehead atoms. The second-order valence-corrected chi connectivity index (χ2v) is 7.29. The van der Waals surface area contributed by atoms with Gasteiger partial charge in [-0.05, 0) is 46.1 Å². The molecule has 0 saturated heterocycles. The fraction of sp³-hybridized carbons (Fsp3) is 0.556. The summed E-state index contributed by atoms with van der Waals surface area (Å²) in [5.74, 6) is 0.434. The number of aromatic nitrogens is 4. The summed E-state index contributed by atoms with van der Waals surface area (Å²) in [6.45, 7) is 5.63. The molecule has 2 amide bonds. The zero-order chi connectivity index (χ0) is 19.6. The van der Waals surface area contributed by atoms with Crippen LogP contribution in [0, 0.1) is 6.92 Å². The summed E-state index contributed by atoms with van der Waals surface area (Å²) in [6, 6.07) is 3.61. The molecular weight excluding hydrogens is 348 g/mol. The average Bonchev–Trinajstić information content (AvgIpc) is 3.27. The van der Waals surface area contributed by atoms with E-state index in [-0.39, 0.29) is 30.1 Å². The standard InChI is InChI=1S/C18H26N6O3/c1-10(2)19-18(26)27-13-6-5-12(8-13)14-9-16(22-21-14)20-17(25)15-7-11(3)23-24(15)4/h7,9-10,12-13H,5-6,8H2,1-4H3,(H,19,26)(H2,20,21,22,25)/t12-,13+/m0/s1. The van der Waals surface area contributed by atoms with Crippen LogP contribution in [-0.4, -0.2) is 44.1 Å². The highest BCUT2D eigenvalue weighted by Crippen LogP contribution is 2.35. The third-order valence-corrected chi connectivity index (χ3v) is 4.58. The van der Waals surface area contributed by atoms with Crippen LogP contribution in [0.3, 0.4) is 0 Å². The first-order chi connectivity index (χ1) is 12.8. The number of amides is 2. The number of rotatable bonds is 5. The topological polar surface area (TPSA) is 114 Å². The van der Waals surface area contributed by atoms with E-state index >= 15 is 0 Å². The molecule has 2 heterocycles. The van der Waals surface area contributed by atoms with Gasteiger partial charge in [-0.15, -0.1) is 0 Å². The number of carbonyl (C=O) groups excluding carboxylic acids is 2. The summed E-state index contributed by atoms with van der Waals surface area (Å²) < 4.78 is 7.00. The number of nitrogens with zero attached hydrogens (tertiary/aromatic N) is 3. The molecule has 3 N–H and O–H groups in total. The quantitative estimate of drug-likeness (QED) is 0.744. The molecule has 2 atom stereocenters. The zero-order valence-corrected chi connectivity index (χ0v) is 16.1. The molecule has 3 rings (SSSR count). The average molecular weight is 374 g/mol. The zero-order valence-electron chi connectivity index (χ0n) is 16.1. The third-order valence-electron chi connectivity index (χ3n) is 4.58. The maximum Gasteiger partial charge on any atom is 0.407 e. The Morgan fingerprint density at radius 2 is 2.11 bits per heavy atom. The van der Waals surface area contributed by atoms with E-state index in [9.17, 15) is 9.59 Å². The fourth-order valence-electron chi connectivity index (χ4n) is 3.36. The van der Waals surface area contributed by atoms with Gasteiger partial charge in [0.25, 0.3) is 5.91 Å². The monoisotopic (exact) mass is 374 g/mol. The number of anilines is 1. The Labute approximate surface area is 157 Å². The van der Waals surface area contributed by atoms with E-state index < -0.39 is 0 Å². The number of nitrogens with one attached hydrogen (secondary N) is 3. The van der Waals surface area contributed by atoms with Crippen molar-refractivity contribution in [1.29, 1.82) is 0 Å². The molecule has 9 nitrogen and oxygen atoms in total. The van der Waals surface area contributed by atoms with E-state index in [2.05, 4.69) is 25.9 Å². The van der Waals surface area contributed by atoms with Crippen molar-refractivity contribution >= 4 is 17.8 Å². The van der Waals surface area contributed by atoms with E-state index in [4.69, 9.17) is 4.74 Å². The number of hydrogen-bond donors (Lipinski definition) is 3. The maximum absolute atomic E-state index is 12.3. The molecule has 0 unspecified atom stereocenters. The summed E-state index contributed by atoms with van der Waals surface area (Å²) >= 11 is 0. The fourth-order valence-corrected chi connectivity index (χ4v) is 3.36. The van der Waals surface area contributed by atoms with Crippen LogP contribution < -0.4 is 10.6 Å². The number of H-pyrrole nitrogens is 1. The van der Waals surface area contributed by atoms with E-state index in [0.717, 1.165) is 30.7 Å². The minimum Gasteiger partial charge on any atom is -0.446 e. The van der Waals surface area contributed by atoms with E-state index in [1.807, 2.05) is 26.8 Å². The Bertz CT molecular complexity index is 825. The van der Waals surface area contributed by atoms with Gasteiger partial charge in [-0.2, -0.15) is 10.2 Å². The lowest BCUT2D eigenvalue weighted by Gasteiger charge is -2.14. The molecule has 0 aliphatic heterocycles. The molecule has 1 saturated carbocycles. The van der Waals surface area contributed by atoms with Gasteiger partial charge in [0, 0.05) is 30.8 Å². The summed E-state index contributed by atoms with van der Waals surface area (Å²) in [4.78, 5) is 24.1. The number of ether oxygens (including phenoxy) is 1.